The summed E-state index contributed by atoms with van der Waals surface area (Å²) in [6, 6.07) is 7.47. The Morgan fingerprint density at radius 2 is 2.00 bits per heavy atom. The average molecular weight is 296 g/mol. The maximum absolute atomic E-state index is 11.5. The molecule has 1 fully saturated rings. The van der Waals surface area contributed by atoms with Crippen molar-refractivity contribution in [1.82, 2.24) is 5.32 Å². The van der Waals surface area contributed by atoms with Gasteiger partial charge in [0, 0.05) is 11.6 Å². The number of hydrogen-bond acceptors (Lipinski definition) is 3. The Labute approximate surface area is 123 Å². The van der Waals surface area contributed by atoms with E-state index < -0.39 is 0 Å². The smallest absolute Gasteiger partial charge is 0.309 e. The number of esters is 1. The van der Waals surface area contributed by atoms with Crippen LogP contribution in [0.15, 0.2) is 24.3 Å². The third kappa shape index (κ3) is 4.53. The highest BCUT2D eigenvalue weighted by atomic mass is 35.5. The second-order valence-electron chi connectivity index (χ2n) is 5.15. The van der Waals surface area contributed by atoms with Crippen molar-refractivity contribution >= 4 is 23.5 Å². The number of carbonyl (C=O) groups excluding carboxylic acids is 2. The van der Waals surface area contributed by atoms with Crippen molar-refractivity contribution in [3.8, 4) is 0 Å². The van der Waals surface area contributed by atoms with E-state index in [1.807, 2.05) is 31.2 Å². The average Bonchev–Trinajstić information content (AvgIpc) is 3.15. The topological polar surface area (TPSA) is 55.4 Å². The van der Waals surface area contributed by atoms with Crippen LogP contribution in [0.3, 0.4) is 0 Å². The van der Waals surface area contributed by atoms with E-state index in [1.165, 1.54) is 0 Å². The van der Waals surface area contributed by atoms with Gasteiger partial charge in [-0.15, -0.1) is 0 Å². The molecule has 1 aromatic rings. The highest BCUT2D eigenvalue weighted by Crippen LogP contribution is 2.38. The van der Waals surface area contributed by atoms with Crippen molar-refractivity contribution in [3.63, 3.8) is 0 Å². The maximum atomic E-state index is 11.5. The van der Waals surface area contributed by atoms with E-state index >= 15 is 0 Å². The van der Waals surface area contributed by atoms with Gasteiger partial charge in [-0.2, -0.15) is 0 Å². The number of amides is 1. The van der Waals surface area contributed by atoms with Gasteiger partial charge in [0.1, 0.15) is 0 Å². The fourth-order valence-electron chi connectivity index (χ4n) is 1.94. The quantitative estimate of drug-likeness (QED) is 0.819. The lowest BCUT2D eigenvalue weighted by Crippen LogP contribution is -2.30. The van der Waals surface area contributed by atoms with E-state index in [9.17, 15) is 9.59 Å². The molecule has 0 aromatic heterocycles. The zero-order chi connectivity index (χ0) is 14.5. The second kappa shape index (κ2) is 6.75. The first kappa shape index (κ1) is 14.9. The molecule has 1 aromatic carbocycles. The SMILES string of the molecule is C[C@H]1C[C@H]1C(=O)OCC(=O)NCCc1ccc(Cl)cc1. The Kier molecular flexibility index (Phi) is 5.01. The number of benzene rings is 1. The summed E-state index contributed by atoms with van der Waals surface area (Å²) in [7, 11) is 0. The molecule has 0 bridgehead atoms. The van der Waals surface area contributed by atoms with Crippen LogP contribution in [0.1, 0.15) is 18.9 Å². The van der Waals surface area contributed by atoms with Crippen molar-refractivity contribution < 1.29 is 14.3 Å². The molecule has 1 saturated carbocycles. The Morgan fingerprint density at radius 3 is 2.60 bits per heavy atom. The van der Waals surface area contributed by atoms with Crippen LogP contribution >= 0.6 is 11.6 Å². The van der Waals surface area contributed by atoms with Crippen LogP contribution in [0.4, 0.5) is 0 Å². The Balaban J connectivity index is 1.60. The molecule has 5 heteroatoms. The fraction of sp³-hybridized carbons (Fsp3) is 0.467. The van der Waals surface area contributed by atoms with Crippen molar-refractivity contribution in [3.05, 3.63) is 34.9 Å². The standard InChI is InChI=1S/C15H18ClNO3/c1-10-8-13(10)15(19)20-9-14(18)17-7-6-11-2-4-12(16)5-3-11/h2-5,10,13H,6-9H2,1H3,(H,17,18)/t10-,13+/m0/s1. The molecule has 1 aliphatic rings. The van der Waals surface area contributed by atoms with Gasteiger partial charge >= 0.3 is 5.97 Å². The van der Waals surface area contributed by atoms with E-state index in [1.54, 1.807) is 0 Å². The van der Waals surface area contributed by atoms with Gasteiger partial charge in [0.2, 0.25) is 0 Å². The van der Waals surface area contributed by atoms with Crippen molar-refractivity contribution in [2.75, 3.05) is 13.2 Å². The molecule has 0 saturated heterocycles. The summed E-state index contributed by atoms with van der Waals surface area (Å²) in [6.45, 7) is 2.32. The molecule has 0 heterocycles. The Morgan fingerprint density at radius 1 is 1.35 bits per heavy atom. The molecule has 0 unspecified atom stereocenters. The molecular formula is C15H18ClNO3. The predicted molar refractivity (Wildman–Crippen MR) is 76.4 cm³/mol. The van der Waals surface area contributed by atoms with Gasteiger partial charge in [-0.25, -0.2) is 0 Å². The van der Waals surface area contributed by atoms with Gasteiger partial charge in [-0.05, 0) is 36.5 Å². The van der Waals surface area contributed by atoms with E-state index in [4.69, 9.17) is 16.3 Å². The molecule has 1 aliphatic carbocycles. The molecule has 0 aliphatic heterocycles. The summed E-state index contributed by atoms with van der Waals surface area (Å²) in [4.78, 5) is 22.9. The van der Waals surface area contributed by atoms with Crippen LogP contribution in [0, 0.1) is 11.8 Å². The molecule has 0 spiro atoms. The molecule has 108 valence electrons. The summed E-state index contributed by atoms with van der Waals surface area (Å²) >= 11 is 5.79. The molecule has 2 rings (SSSR count). The first-order valence-electron chi connectivity index (χ1n) is 6.74. The highest BCUT2D eigenvalue weighted by Gasteiger charge is 2.40. The molecule has 0 radical (unpaired) electrons. The Hall–Kier alpha value is -1.55. The first-order chi connectivity index (χ1) is 9.56. The van der Waals surface area contributed by atoms with Gasteiger partial charge in [-0.1, -0.05) is 30.7 Å². The molecule has 1 amide bonds. The number of halogens is 1. The lowest BCUT2D eigenvalue weighted by molar-refractivity contribution is -0.150. The van der Waals surface area contributed by atoms with Crippen molar-refractivity contribution in [2.45, 2.75) is 19.8 Å². The number of carbonyl (C=O) groups is 2. The minimum absolute atomic E-state index is 0.00290. The van der Waals surface area contributed by atoms with Crippen LogP contribution in [0.5, 0.6) is 0 Å². The van der Waals surface area contributed by atoms with Crippen LogP contribution in [0.25, 0.3) is 0 Å². The minimum Gasteiger partial charge on any atom is -0.455 e. The van der Waals surface area contributed by atoms with Gasteiger partial charge < -0.3 is 10.1 Å². The lowest BCUT2D eigenvalue weighted by Gasteiger charge is -2.06. The number of ether oxygens (including phenoxy) is 1. The van der Waals surface area contributed by atoms with Gasteiger partial charge in [0.15, 0.2) is 6.61 Å². The van der Waals surface area contributed by atoms with E-state index in [-0.39, 0.29) is 24.4 Å². The number of nitrogens with one attached hydrogen (secondary N) is 1. The predicted octanol–water partition coefficient (Wildman–Crippen LogP) is 2.20. The zero-order valence-corrected chi connectivity index (χ0v) is 12.2. The van der Waals surface area contributed by atoms with Crippen molar-refractivity contribution in [2.24, 2.45) is 11.8 Å². The van der Waals surface area contributed by atoms with Gasteiger partial charge in [0.25, 0.3) is 5.91 Å². The number of rotatable bonds is 6. The number of hydrogen-bond donors (Lipinski definition) is 1. The van der Waals surface area contributed by atoms with Crippen LogP contribution in [-0.2, 0) is 20.7 Å². The normalized spacial score (nSPS) is 20.3. The van der Waals surface area contributed by atoms with Gasteiger partial charge in [0.05, 0.1) is 5.92 Å². The van der Waals surface area contributed by atoms with E-state index in [0.717, 1.165) is 18.4 Å². The van der Waals surface area contributed by atoms with Gasteiger partial charge in [-0.3, -0.25) is 9.59 Å². The lowest BCUT2D eigenvalue weighted by atomic mass is 10.1. The maximum Gasteiger partial charge on any atom is 0.309 e. The summed E-state index contributed by atoms with van der Waals surface area (Å²) < 4.78 is 4.95. The summed E-state index contributed by atoms with van der Waals surface area (Å²) in [6.07, 6.45) is 1.59. The third-order valence-electron chi connectivity index (χ3n) is 3.41. The summed E-state index contributed by atoms with van der Waals surface area (Å²) in [5.41, 5.74) is 1.10. The minimum atomic E-state index is -0.263. The monoisotopic (exact) mass is 295 g/mol. The van der Waals surface area contributed by atoms with Crippen LogP contribution in [-0.4, -0.2) is 25.0 Å². The summed E-state index contributed by atoms with van der Waals surface area (Å²) in [5.74, 6) is -0.127. The van der Waals surface area contributed by atoms with Crippen molar-refractivity contribution in [1.29, 1.82) is 0 Å². The second-order valence-corrected chi connectivity index (χ2v) is 5.59. The van der Waals surface area contributed by atoms with Crippen LogP contribution < -0.4 is 5.32 Å². The molecule has 1 N–H and O–H groups in total. The zero-order valence-electron chi connectivity index (χ0n) is 11.4. The molecule has 20 heavy (non-hydrogen) atoms. The van der Waals surface area contributed by atoms with Crippen LogP contribution in [0.2, 0.25) is 5.02 Å². The molecular weight excluding hydrogens is 278 g/mol. The third-order valence-corrected chi connectivity index (χ3v) is 3.66. The summed E-state index contributed by atoms with van der Waals surface area (Å²) in [5, 5.41) is 3.42. The molecule has 2 atom stereocenters. The first-order valence-corrected chi connectivity index (χ1v) is 7.12. The van der Waals surface area contributed by atoms with E-state index in [2.05, 4.69) is 5.32 Å². The highest BCUT2D eigenvalue weighted by molar-refractivity contribution is 6.30. The fourth-order valence-corrected chi connectivity index (χ4v) is 2.07. The van der Waals surface area contributed by atoms with E-state index in [0.29, 0.717) is 17.5 Å². The molecule has 4 nitrogen and oxygen atoms in total. The Bertz CT molecular complexity index is 486. The largest absolute Gasteiger partial charge is 0.455 e.